The summed E-state index contributed by atoms with van der Waals surface area (Å²) in [6, 6.07) is 0. The van der Waals surface area contributed by atoms with Gasteiger partial charge < -0.3 is 4.74 Å². The molecule has 1 heterocycles. The molecule has 0 bridgehead atoms. The second-order valence-corrected chi connectivity index (χ2v) is 4.42. The Bertz CT molecular complexity index is 112. The molecule has 1 aliphatic rings. The van der Waals surface area contributed by atoms with Gasteiger partial charge in [0, 0.05) is 6.61 Å². The minimum atomic E-state index is 0.329. The van der Waals surface area contributed by atoms with Crippen molar-refractivity contribution in [1.29, 1.82) is 0 Å². The lowest BCUT2D eigenvalue weighted by molar-refractivity contribution is 0.0106. The Labute approximate surface area is 63.8 Å². The number of hydrogen-bond donors (Lipinski definition) is 0. The van der Waals surface area contributed by atoms with Gasteiger partial charge in [-0.15, -0.1) is 0 Å². The van der Waals surface area contributed by atoms with E-state index >= 15 is 0 Å². The van der Waals surface area contributed by atoms with E-state index in [-0.39, 0.29) is 0 Å². The summed E-state index contributed by atoms with van der Waals surface area (Å²) in [7, 11) is 0. The fraction of sp³-hybridized carbons (Fsp3) is 1.00. The first kappa shape index (κ1) is 8.06. The zero-order valence-corrected chi connectivity index (χ0v) is 7.48. The van der Waals surface area contributed by atoms with E-state index in [9.17, 15) is 0 Å². The van der Waals surface area contributed by atoms with Gasteiger partial charge in [0.1, 0.15) is 0 Å². The number of rotatable bonds is 0. The van der Waals surface area contributed by atoms with Gasteiger partial charge in [0.25, 0.3) is 0 Å². The molecule has 0 aromatic heterocycles. The summed E-state index contributed by atoms with van der Waals surface area (Å²) in [6.45, 7) is 9.99. The van der Waals surface area contributed by atoms with Crippen LogP contribution < -0.4 is 0 Å². The van der Waals surface area contributed by atoms with E-state index in [0.717, 1.165) is 12.5 Å². The van der Waals surface area contributed by atoms with Crippen LogP contribution in [0.2, 0.25) is 0 Å². The van der Waals surface area contributed by atoms with Crippen LogP contribution in [-0.2, 0) is 4.74 Å². The van der Waals surface area contributed by atoms with Crippen LogP contribution >= 0.6 is 0 Å². The van der Waals surface area contributed by atoms with E-state index in [1.165, 1.54) is 6.42 Å². The third kappa shape index (κ3) is 1.51. The molecule has 0 aromatic rings. The molecule has 0 N–H and O–H groups in total. The predicted molar refractivity (Wildman–Crippen MR) is 43.0 cm³/mol. The van der Waals surface area contributed by atoms with Crippen molar-refractivity contribution in [1.82, 2.24) is 0 Å². The Hall–Kier alpha value is -0.0400. The highest BCUT2D eigenvalue weighted by atomic mass is 16.5. The first-order valence-corrected chi connectivity index (χ1v) is 4.13. The molecule has 0 spiro atoms. The molecule has 1 heteroatoms. The van der Waals surface area contributed by atoms with Gasteiger partial charge >= 0.3 is 0 Å². The van der Waals surface area contributed by atoms with E-state index < -0.39 is 0 Å². The van der Waals surface area contributed by atoms with Crippen LogP contribution in [0, 0.1) is 11.3 Å². The highest BCUT2D eigenvalue weighted by Gasteiger charge is 2.34. The predicted octanol–water partition coefficient (Wildman–Crippen LogP) is 2.46. The van der Waals surface area contributed by atoms with Gasteiger partial charge in [0.15, 0.2) is 0 Å². The third-order valence-corrected chi connectivity index (χ3v) is 2.24. The monoisotopic (exact) mass is 142 g/mol. The molecule has 0 aromatic carbocycles. The lowest BCUT2D eigenvalue weighted by Crippen LogP contribution is -2.29. The SMILES string of the molecule is C[C@@H]1CCO[C@@H]1C(C)(C)C. The molecule has 1 nitrogen and oxygen atoms in total. The molecule has 0 radical (unpaired) electrons. The fourth-order valence-corrected chi connectivity index (χ4v) is 1.80. The summed E-state index contributed by atoms with van der Waals surface area (Å²) in [5.74, 6) is 0.750. The van der Waals surface area contributed by atoms with Crippen molar-refractivity contribution < 1.29 is 4.74 Å². The highest BCUT2D eigenvalue weighted by Crippen LogP contribution is 2.33. The van der Waals surface area contributed by atoms with E-state index in [4.69, 9.17) is 4.74 Å². The normalized spacial score (nSPS) is 34.8. The lowest BCUT2D eigenvalue weighted by atomic mass is 9.82. The topological polar surface area (TPSA) is 9.23 Å². The standard InChI is InChI=1S/C9H18O/c1-7-5-6-10-8(7)9(2,3)4/h7-8H,5-6H2,1-4H3/t7-,8+/m1/s1. The van der Waals surface area contributed by atoms with Crippen molar-refractivity contribution in [2.45, 2.75) is 40.2 Å². The second kappa shape index (κ2) is 2.54. The maximum absolute atomic E-state index is 5.63. The Kier molecular flexibility index (Phi) is 2.04. The van der Waals surface area contributed by atoms with Gasteiger partial charge in [-0.05, 0) is 17.8 Å². The summed E-state index contributed by atoms with van der Waals surface area (Å²) in [6.07, 6.45) is 1.72. The van der Waals surface area contributed by atoms with Crippen molar-refractivity contribution >= 4 is 0 Å². The van der Waals surface area contributed by atoms with Crippen molar-refractivity contribution in [3.8, 4) is 0 Å². The van der Waals surface area contributed by atoms with Gasteiger partial charge in [0.05, 0.1) is 6.10 Å². The Morgan fingerprint density at radius 1 is 1.30 bits per heavy atom. The highest BCUT2D eigenvalue weighted by molar-refractivity contribution is 4.82. The quantitative estimate of drug-likeness (QED) is 0.505. The maximum atomic E-state index is 5.63. The van der Waals surface area contributed by atoms with E-state index in [0.29, 0.717) is 11.5 Å². The minimum absolute atomic E-state index is 0.329. The van der Waals surface area contributed by atoms with Crippen molar-refractivity contribution in [2.24, 2.45) is 11.3 Å². The number of ether oxygens (including phenoxy) is 1. The van der Waals surface area contributed by atoms with Crippen LogP contribution in [0.1, 0.15) is 34.1 Å². The summed E-state index contributed by atoms with van der Waals surface area (Å²) < 4.78 is 5.63. The smallest absolute Gasteiger partial charge is 0.0649 e. The van der Waals surface area contributed by atoms with Crippen LogP contribution in [0.5, 0.6) is 0 Å². The first-order chi connectivity index (χ1) is 4.52. The fourth-order valence-electron chi connectivity index (χ4n) is 1.80. The summed E-state index contributed by atoms with van der Waals surface area (Å²) in [5, 5.41) is 0. The van der Waals surface area contributed by atoms with E-state index in [2.05, 4.69) is 27.7 Å². The Morgan fingerprint density at radius 3 is 2.10 bits per heavy atom. The van der Waals surface area contributed by atoms with Gasteiger partial charge in [-0.1, -0.05) is 27.7 Å². The molecule has 0 unspecified atom stereocenters. The van der Waals surface area contributed by atoms with E-state index in [1.807, 2.05) is 0 Å². The van der Waals surface area contributed by atoms with Gasteiger partial charge in [-0.25, -0.2) is 0 Å². The molecular formula is C9H18O. The Balaban J connectivity index is 2.55. The first-order valence-electron chi connectivity index (χ1n) is 4.13. The van der Waals surface area contributed by atoms with Crippen molar-refractivity contribution in [3.63, 3.8) is 0 Å². The molecule has 60 valence electrons. The molecule has 1 fully saturated rings. The van der Waals surface area contributed by atoms with Crippen LogP contribution in [0.15, 0.2) is 0 Å². The van der Waals surface area contributed by atoms with Crippen LogP contribution in [0.25, 0.3) is 0 Å². The molecule has 0 saturated carbocycles. The van der Waals surface area contributed by atoms with Crippen LogP contribution in [0.3, 0.4) is 0 Å². The van der Waals surface area contributed by atoms with Gasteiger partial charge in [-0.3, -0.25) is 0 Å². The van der Waals surface area contributed by atoms with Crippen LogP contribution in [-0.4, -0.2) is 12.7 Å². The van der Waals surface area contributed by atoms with Crippen molar-refractivity contribution in [2.75, 3.05) is 6.61 Å². The molecule has 0 amide bonds. The molecular weight excluding hydrogens is 124 g/mol. The molecule has 1 rings (SSSR count). The summed E-state index contributed by atoms with van der Waals surface area (Å²) >= 11 is 0. The lowest BCUT2D eigenvalue weighted by Gasteiger charge is -2.29. The maximum Gasteiger partial charge on any atom is 0.0649 e. The largest absolute Gasteiger partial charge is 0.377 e. The molecule has 10 heavy (non-hydrogen) atoms. The Morgan fingerprint density at radius 2 is 1.90 bits per heavy atom. The summed E-state index contributed by atoms with van der Waals surface area (Å²) in [4.78, 5) is 0. The summed E-state index contributed by atoms with van der Waals surface area (Å²) in [5.41, 5.74) is 0.329. The molecule has 1 saturated heterocycles. The average molecular weight is 142 g/mol. The van der Waals surface area contributed by atoms with Gasteiger partial charge in [-0.2, -0.15) is 0 Å². The zero-order chi connectivity index (χ0) is 7.78. The van der Waals surface area contributed by atoms with E-state index in [1.54, 1.807) is 0 Å². The average Bonchev–Trinajstić information content (AvgIpc) is 2.11. The second-order valence-electron chi connectivity index (χ2n) is 4.42. The molecule has 2 atom stereocenters. The third-order valence-electron chi connectivity index (χ3n) is 2.24. The van der Waals surface area contributed by atoms with Crippen LogP contribution in [0.4, 0.5) is 0 Å². The van der Waals surface area contributed by atoms with Crippen molar-refractivity contribution in [3.05, 3.63) is 0 Å². The minimum Gasteiger partial charge on any atom is -0.377 e. The number of hydrogen-bond acceptors (Lipinski definition) is 1. The zero-order valence-electron chi connectivity index (χ0n) is 7.48. The van der Waals surface area contributed by atoms with Gasteiger partial charge in [0.2, 0.25) is 0 Å². The molecule has 1 aliphatic heterocycles. The molecule has 0 aliphatic carbocycles.